The van der Waals surface area contributed by atoms with Crippen molar-refractivity contribution in [1.29, 1.82) is 0 Å². The highest BCUT2D eigenvalue weighted by atomic mass is 16.5. The smallest absolute Gasteiger partial charge is 0.242 e. The van der Waals surface area contributed by atoms with E-state index in [1.165, 1.54) is 0 Å². The molecule has 0 aromatic heterocycles. The van der Waals surface area contributed by atoms with E-state index in [9.17, 15) is 9.59 Å². The molecule has 0 aliphatic rings. The number of nitrogens with one attached hydrogen (secondary N) is 1. The Morgan fingerprint density at radius 2 is 1.72 bits per heavy atom. The van der Waals surface area contributed by atoms with Crippen LogP contribution in [0.5, 0.6) is 11.5 Å². The highest BCUT2D eigenvalue weighted by molar-refractivity contribution is 5.87. The second kappa shape index (κ2) is 11.7. The Hall–Kier alpha value is -3.02. The zero-order chi connectivity index (χ0) is 21.1. The molecule has 1 atom stereocenters. The predicted octanol–water partition coefficient (Wildman–Crippen LogP) is 3.41. The molecule has 2 amide bonds. The summed E-state index contributed by atoms with van der Waals surface area (Å²) >= 11 is 0. The van der Waals surface area contributed by atoms with Crippen LogP contribution in [-0.2, 0) is 16.1 Å². The van der Waals surface area contributed by atoms with Crippen molar-refractivity contribution in [3.63, 3.8) is 0 Å². The second-order valence-electron chi connectivity index (χ2n) is 6.71. The first-order valence-corrected chi connectivity index (χ1v) is 9.93. The highest BCUT2D eigenvalue weighted by Gasteiger charge is 2.25. The minimum atomic E-state index is -0.556. The molecule has 0 heterocycles. The zero-order valence-corrected chi connectivity index (χ0v) is 17.4. The number of likely N-dealkylation sites (N-methyl/N-ethyl adjacent to an activating group) is 1. The van der Waals surface area contributed by atoms with Gasteiger partial charge in [0.25, 0.3) is 0 Å². The number of amides is 2. The van der Waals surface area contributed by atoms with E-state index in [2.05, 4.69) is 5.32 Å². The third-order valence-corrected chi connectivity index (χ3v) is 4.58. The van der Waals surface area contributed by atoms with Crippen molar-refractivity contribution in [3.8, 4) is 11.5 Å². The van der Waals surface area contributed by atoms with Crippen LogP contribution in [0.2, 0.25) is 0 Å². The molecule has 0 saturated heterocycles. The lowest BCUT2D eigenvalue weighted by Gasteiger charge is -2.29. The largest absolute Gasteiger partial charge is 0.497 e. The maximum absolute atomic E-state index is 12.9. The van der Waals surface area contributed by atoms with E-state index < -0.39 is 6.04 Å². The number of hydrogen-bond donors (Lipinski definition) is 1. The maximum Gasteiger partial charge on any atom is 0.242 e. The third kappa shape index (κ3) is 7.14. The van der Waals surface area contributed by atoms with Gasteiger partial charge in [0.05, 0.1) is 13.7 Å². The Balaban J connectivity index is 1.98. The summed E-state index contributed by atoms with van der Waals surface area (Å²) in [5.74, 6) is 1.30. The standard InChI is InChI=1S/C23H30N2O4/c1-4-24-23(27)18(2)25(17-19-12-14-20(28-3)15-13-19)22(26)11-8-16-29-21-9-6-5-7-10-21/h5-7,9-10,12-15,18H,4,8,11,16-17H2,1-3H3,(H,24,27)/t18-/m0/s1. The van der Waals surface area contributed by atoms with E-state index >= 15 is 0 Å². The van der Waals surface area contributed by atoms with E-state index in [4.69, 9.17) is 9.47 Å². The molecule has 0 saturated carbocycles. The number of rotatable bonds is 11. The number of methoxy groups -OCH3 is 1. The molecule has 0 unspecified atom stereocenters. The van der Waals surface area contributed by atoms with Gasteiger partial charge in [-0.25, -0.2) is 0 Å². The summed E-state index contributed by atoms with van der Waals surface area (Å²) in [5, 5.41) is 2.80. The van der Waals surface area contributed by atoms with Crippen LogP contribution in [0.4, 0.5) is 0 Å². The Labute approximate surface area is 172 Å². The number of hydrogen-bond acceptors (Lipinski definition) is 4. The molecule has 29 heavy (non-hydrogen) atoms. The highest BCUT2D eigenvalue weighted by Crippen LogP contribution is 2.16. The molecule has 156 valence electrons. The van der Waals surface area contributed by atoms with Crippen LogP contribution < -0.4 is 14.8 Å². The van der Waals surface area contributed by atoms with Crippen molar-refractivity contribution < 1.29 is 19.1 Å². The number of nitrogens with zero attached hydrogens (tertiary/aromatic N) is 1. The van der Waals surface area contributed by atoms with Gasteiger partial charge in [-0.05, 0) is 50.1 Å². The molecule has 0 aliphatic heterocycles. The minimum Gasteiger partial charge on any atom is -0.497 e. The molecular weight excluding hydrogens is 368 g/mol. The van der Waals surface area contributed by atoms with E-state index in [0.717, 1.165) is 17.1 Å². The molecule has 2 aromatic rings. The van der Waals surface area contributed by atoms with Gasteiger partial charge in [0, 0.05) is 19.5 Å². The first kappa shape index (κ1) is 22.3. The lowest BCUT2D eigenvalue weighted by Crippen LogP contribution is -2.47. The van der Waals surface area contributed by atoms with Crippen LogP contribution in [-0.4, -0.2) is 43.0 Å². The number of benzene rings is 2. The van der Waals surface area contributed by atoms with E-state index in [-0.39, 0.29) is 11.8 Å². The second-order valence-corrected chi connectivity index (χ2v) is 6.71. The summed E-state index contributed by atoms with van der Waals surface area (Å²) < 4.78 is 10.8. The van der Waals surface area contributed by atoms with Crippen molar-refractivity contribution in [3.05, 3.63) is 60.2 Å². The Bertz CT molecular complexity index is 762. The fourth-order valence-electron chi connectivity index (χ4n) is 2.91. The van der Waals surface area contributed by atoms with E-state index in [1.807, 2.05) is 61.5 Å². The lowest BCUT2D eigenvalue weighted by molar-refractivity contribution is -0.140. The zero-order valence-electron chi connectivity index (χ0n) is 17.4. The van der Waals surface area contributed by atoms with Gasteiger partial charge in [-0.1, -0.05) is 30.3 Å². The first-order valence-electron chi connectivity index (χ1n) is 9.93. The van der Waals surface area contributed by atoms with Gasteiger partial charge in [0.2, 0.25) is 11.8 Å². The molecule has 2 aromatic carbocycles. The van der Waals surface area contributed by atoms with Gasteiger partial charge in [0.1, 0.15) is 17.5 Å². The minimum absolute atomic E-state index is 0.0729. The van der Waals surface area contributed by atoms with Crippen molar-refractivity contribution >= 4 is 11.8 Å². The summed E-state index contributed by atoms with van der Waals surface area (Å²) in [7, 11) is 1.61. The molecule has 0 aliphatic carbocycles. The average molecular weight is 399 g/mol. The lowest BCUT2D eigenvalue weighted by atomic mass is 10.1. The third-order valence-electron chi connectivity index (χ3n) is 4.58. The first-order chi connectivity index (χ1) is 14.0. The predicted molar refractivity (Wildman–Crippen MR) is 113 cm³/mol. The molecule has 0 radical (unpaired) electrons. The van der Waals surface area contributed by atoms with Crippen LogP contribution in [0.15, 0.2) is 54.6 Å². The van der Waals surface area contributed by atoms with Gasteiger partial charge in [-0.2, -0.15) is 0 Å². The number of para-hydroxylation sites is 1. The van der Waals surface area contributed by atoms with Crippen LogP contribution >= 0.6 is 0 Å². The summed E-state index contributed by atoms with van der Waals surface area (Å²) in [4.78, 5) is 26.9. The van der Waals surface area contributed by atoms with Gasteiger partial charge in [-0.15, -0.1) is 0 Å². The molecule has 0 fully saturated rings. The Morgan fingerprint density at radius 3 is 2.34 bits per heavy atom. The Morgan fingerprint density at radius 1 is 1.03 bits per heavy atom. The number of carbonyl (C=O) groups excluding carboxylic acids is 2. The molecule has 0 bridgehead atoms. The molecule has 2 rings (SSSR count). The van der Waals surface area contributed by atoms with Crippen LogP contribution in [0.1, 0.15) is 32.3 Å². The van der Waals surface area contributed by atoms with Gasteiger partial charge in [-0.3, -0.25) is 9.59 Å². The molecule has 6 heteroatoms. The van der Waals surface area contributed by atoms with Gasteiger partial charge in [0.15, 0.2) is 0 Å². The summed E-state index contributed by atoms with van der Waals surface area (Å²) in [6, 6.07) is 16.5. The molecular formula is C23H30N2O4. The van der Waals surface area contributed by atoms with Gasteiger partial charge < -0.3 is 19.7 Å². The van der Waals surface area contributed by atoms with Crippen molar-refractivity contribution in [2.45, 2.75) is 39.3 Å². The number of carbonyl (C=O) groups is 2. The fraction of sp³-hybridized carbons (Fsp3) is 0.391. The van der Waals surface area contributed by atoms with Gasteiger partial charge >= 0.3 is 0 Å². The van der Waals surface area contributed by atoms with Crippen LogP contribution in [0, 0.1) is 0 Å². The average Bonchev–Trinajstić information content (AvgIpc) is 2.75. The van der Waals surface area contributed by atoms with Crippen LogP contribution in [0.25, 0.3) is 0 Å². The Kier molecular flexibility index (Phi) is 9.02. The number of ether oxygens (including phenoxy) is 2. The monoisotopic (exact) mass is 398 g/mol. The van der Waals surface area contributed by atoms with E-state index in [1.54, 1.807) is 18.9 Å². The molecule has 6 nitrogen and oxygen atoms in total. The summed E-state index contributed by atoms with van der Waals surface area (Å²) in [6.07, 6.45) is 0.891. The SMILES string of the molecule is CCNC(=O)[C@H](C)N(Cc1ccc(OC)cc1)C(=O)CCCOc1ccccc1. The molecule has 1 N–H and O–H groups in total. The van der Waals surface area contributed by atoms with Crippen molar-refractivity contribution in [2.75, 3.05) is 20.3 Å². The normalized spacial score (nSPS) is 11.4. The van der Waals surface area contributed by atoms with Crippen molar-refractivity contribution in [2.24, 2.45) is 0 Å². The quantitative estimate of drug-likeness (QED) is 0.589. The van der Waals surface area contributed by atoms with E-state index in [0.29, 0.717) is 32.5 Å². The fourth-order valence-corrected chi connectivity index (χ4v) is 2.91. The maximum atomic E-state index is 12.9. The van der Waals surface area contributed by atoms with Crippen molar-refractivity contribution in [1.82, 2.24) is 10.2 Å². The summed E-state index contributed by atoms with van der Waals surface area (Å²) in [5.41, 5.74) is 0.941. The molecule has 0 spiro atoms. The topological polar surface area (TPSA) is 67.9 Å². The van der Waals surface area contributed by atoms with Crippen LogP contribution in [0.3, 0.4) is 0 Å². The summed E-state index contributed by atoms with van der Waals surface area (Å²) in [6.45, 7) is 4.95.